The molecule has 5 heteroatoms. The van der Waals surface area contributed by atoms with Crippen LogP contribution in [0.2, 0.25) is 0 Å². The van der Waals surface area contributed by atoms with Crippen LogP contribution < -0.4 is 11.1 Å². The number of rotatable bonds is 1. The van der Waals surface area contributed by atoms with E-state index in [4.69, 9.17) is 10.5 Å². The van der Waals surface area contributed by atoms with Gasteiger partial charge in [0.25, 0.3) is 0 Å². The molecule has 1 unspecified atom stereocenters. The van der Waals surface area contributed by atoms with Gasteiger partial charge in [0.15, 0.2) is 0 Å². The summed E-state index contributed by atoms with van der Waals surface area (Å²) in [7, 11) is 0. The minimum absolute atomic E-state index is 0.264. The molecule has 0 radical (unpaired) electrons. The summed E-state index contributed by atoms with van der Waals surface area (Å²) in [6.07, 6.45) is 2.08. The summed E-state index contributed by atoms with van der Waals surface area (Å²) < 4.78 is 5.33. The molecular formula is C10H19N3O2. The molecule has 3 N–H and O–H groups in total. The largest absolute Gasteiger partial charge is 0.381 e. The van der Waals surface area contributed by atoms with Crippen molar-refractivity contribution in [1.82, 2.24) is 10.2 Å². The summed E-state index contributed by atoms with van der Waals surface area (Å²) in [6, 6.07) is -0.0202. The number of ether oxygens (including phenoxy) is 1. The van der Waals surface area contributed by atoms with Crippen LogP contribution in [0.5, 0.6) is 0 Å². The van der Waals surface area contributed by atoms with E-state index in [0.717, 1.165) is 45.7 Å². The molecule has 15 heavy (non-hydrogen) atoms. The molecule has 0 spiro atoms. The molecular weight excluding hydrogens is 194 g/mol. The Morgan fingerprint density at radius 1 is 1.40 bits per heavy atom. The zero-order valence-electron chi connectivity index (χ0n) is 8.95. The van der Waals surface area contributed by atoms with Crippen molar-refractivity contribution in [3.8, 4) is 0 Å². The fourth-order valence-electron chi connectivity index (χ4n) is 2.52. The second-order valence-electron chi connectivity index (χ2n) is 4.25. The summed E-state index contributed by atoms with van der Waals surface area (Å²) in [5.74, 6) is 0.541. The molecule has 2 saturated heterocycles. The molecule has 2 heterocycles. The summed E-state index contributed by atoms with van der Waals surface area (Å²) in [4.78, 5) is 13.1. The highest BCUT2D eigenvalue weighted by Gasteiger charge is 2.32. The summed E-state index contributed by atoms with van der Waals surface area (Å²) in [6.45, 7) is 4.08. The molecule has 0 aliphatic carbocycles. The molecule has 2 rings (SSSR count). The van der Waals surface area contributed by atoms with Crippen LogP contribution in [0.25, 0.3) is 0 Å². The molecule has 2 aliphatic rings. The molecule has 0 aromatic heterocycles. The Labute approximate surface area is 89.9 Å². The van der Waals surface area contributed by atoms with E-state index in [1.807, 2.05) is 4.90 Å². The highest BCUT2D eigenvalue weighted by atomic mass is 16.5. The first-order valence-corrected chi connectivity index (χ1v) is 5.63. The third-order valence-electron chi connectivity index (χ3n) is 3.38. The summed E-state index contributed by atoms with van der Waals surface area (Å²) in [5, 5.41) is 3.33. The van der Waals surface area contributed by atoms with Gasteiger partial charge < -0.3 is 20.7 Å². The monoisotopic (exact) mass is 213 g/mol. The lowest BCUT2D eigenvalue weighted by atomic mass is 9.89. The topological polar surface area (TPSA) is 67.6 Å². The number of amides is 2. The van der Waals surface area contributed by atoms with E-state index in [9.17, 15) is 4.79 Å². The fourth-order valence-corrected chi connectivity index (χ4v) is 2.52. The number of carbonyl (C=O) groups excluding carboxylic acids is 1. The third kappa shape index (κ3) is 2.41. The van der Waals surface area contributed by atoms with Crippen molar-refractivity contribution in [2.24, 2.45) is 11.7 Å². The van der Waals surface area contributed by atoms with E-state index < -0.39 is 0 Å². The smallest absolute Gasteiger partial charge is 0.315 e. The molecule has 86 valence electrons. The Morgan fingerprint density at radius 3 is 2.80 bits per heavy atom. The number of nitrogens with two attached hydrogens (primary N) is 1. The Kier molecular flexibility index (Phi) is 3.43. The van der Waals surface area contributed by atoms with Crippen LogP contribution in [0.1, 0.15) is 12.8 Å². The molecule has 2 aliphatic heterocycles. The quantitative estimate of drug-likeness (QED) is 0.632. The summed E-state index contributed by atoms with van der Waals surface area (Å²) in [5.41, 5.74) is 5.39. The molecule has 1 atom stereocenters. The van der Waals surface area contributed by atoms with Gasteiger partial charge in [0.1, 0.15) is 0 Å². The number of nitrogens with zero attached hydrogens (tertiary/aromatic N) is 1. The van der Waals surface area contributed by atoms with Crippen LogP contribution in [0, 0.1) is 5.92 Å². The van der Waals surface area contributed by atoms with Crippen LogP contribution in [0.15, 0.2) is 0 Å². The van der Waals surface area contributed by atoms with Crippen molar-refractivity contribution in [2.45, 2.75) is 18.9 Å². The number of hydrogen-bond donors (Lipinski definition) is 2. The Hall–Kier alpha value is -0.810. The zero-order valence-corrected chi connectivity index (χ0v) is 8.95. The lowest BCUT2D eigenvalue weighted by molar-refractivity contribution is 0.0295. The highest BCUT2D eigenvalue weighted by Crippen LogP contribution is 2.23. The second-order valence-corrected chi connectivity index (χ2v) is 4.25. The standard InChI is InChI=1S/C10H19N3O2/c11-10(14)13-4-3-12-7-9(13)8-1-5-15-6-2-8/h8-9,12H,1-7H2,(H2,11,14). The van der Waals surface area contributed by atoms with Crippen LogP contribution in [0.4, 0.5) is 4.79 Å². The van der Waals surface area contributed by atoms with Gasteiger partial charge in [-0.05, 0) is 18.8 Å². The maximum Gasteiger partial charge on any atom is 0.315 e. The van der Waals surface area contributed by atoms with Crippen LogP contribution in [-0.4, -0.2) is 49.8 Å². The molecule has 5 nitrogen and oxygen atoms in total. The van der Waals surface area contributed by atoms with Gasteiger partial charge in [-0.1, -0.05) is 0 Å². The average Bonchev–Trinajstić information content (AvgIpc) is 2.30. The SMILES string of the molecule is NC(=O)N1CCNCC1C1CCOCC1. The van der Waals surface area contributed by atoms with E-state index in [1.54, 1.807) is 0 Å². The highest BCUT2D eigenvalue weighted by molar-refractivity contribution is 5.72. The number of hydrogen-bond acceptors (Lipinski definition) is 3. The summed E-state index contributed by atoms with van der Waals surface area (Å²) >= 11 is 0. The van der Waals surface area contributed by atoms with Crippen LogP contribution in [0.3, 0.4) is 0 Å². The number of carbonyl (C=O) groups is 1. The average molecular weight is 213 g/mol. The fraction of sp³-hybridized carbons (Fsp3) is 0.900. The second kappa shape index (κ2) is 4.81. The molecule has 0 saturated carbocycles. The van der Waals surface area contributed by atoms with Gasteiger partial charge in [-0.3, -0.25) is 0 Å². The maximum absolute atomic E-state index is 11.3. The minimum atomic E-state index is -0.284. The van der Waals surface area contributed by atoms with Gasteiger partial charge in [0.05, 0.1) is 0 Å². The van der Waals surface area contributed by atoms with Gasteiger partial charge in [0.2, 0.25) is 0 Å². The lowest BCUT2D eigenvalue weighted by Gasteiger charge is -2.41. The van der Waals surface area contributed by atoms with Crippen molar-refractivity contribution in [1.29, 1.82) is 0 Å². The van der Waals surface area contributed by atoms with E-state index in [2.05, 4.69) is 5.32 Å². The normalized spacial score (nSPS) is 29.1. The number of primary amides is 1. The van der Waals surface area contributed by atoms with Crippen molar-refractivity contribution in [3.05, 3.63) is 0 Å². The molecule has 0 aromatic rings. The Morgan fingerprint density at radius 2 is 2.13 bits per heavy atom. The zero-order chi connectivity index (χ0) is 10.7. The predicted octanol–water partition coefficient (Wildman–Crippen LogP) is -0.234. The van der Waals surface area contributed by atoms with Crippen molar-refractivity contribution in [3.63, 3.8) is 0 Å². The third-order valence-corrected chi connectivity index (χ3v) is 3.38. The minimum Gasteiger partial charge on any atom is -0.381 e. The van der Waals surface area contributed by atoms with Gasteiger partial charge >= 0.3 is 6.03 Å². The first-order valence-electron chi connectivity index (χ1n) is 5.63. The van der Waals surface area contributed by atoms with E-state index in [-0.39, 0.29) is 12.1 Å². The first kappa shape index (κ1) is 10.7. The van der Waals surface area contributed by atoms with Gasteiger partial charge in [-0.2, -0.15) is 0 Å². The van der Waals surface area contributed by atoms with E-state index in [0.29, 0.717) is 5.92 Å². The Bertz CT molecular complexity index is 229. The Balaban J connectivity index is 1.99. The first-order chi connectivity index (χ1) is 7.29. The predicted molar refractivity (Wildman–Crippen MR) is 56.5 cm³/mol. The number of urea groups is 1. The van der Waals surface area contributed by atoms with Gasteiger partial charge in [-0.25, -0.2) is 4.79 Å². The van der Waals surface area contributed by atoms with Crippen LogP contribution >= 0.6 is 0 Å². The van der Waals surface area contributed by atoms with E-state index >= 15 is 0 Å². The van der Waals surface area contributed by atoms with E-state index in [1.165, 1.54) is 0 Å². The van der Waals surface area contributed by atoms with Gasteiger partial charge in [-0.15, -0.1) is 0 Å². The molecule has 2 fully saturated rings. The van der Waals surface area contributed by atoms with Gasteiger partial charge in [0, 0.05) is 38.9 Å². The number of piperazine rings is 1. The van der Waals surface area contributed by atoms with Crippen LogP contribution in [-0.2, 0) is 4.74 Å². The molecule has 0 aromatic carbocycles. The van der Waals surface area contributed by atoms with Crippen molar-refractivity contribution >= 4 is 6.03 Å². The maximum atomic E-state index is 11.3. The molecule has 0 bridgehead atoms. The lowest BCUT2D eigenvalue weighted by Crippen LogP contribution is -2.58. The van der Waals surface area contributed by atoms with Crippen molar-refractivity contribution < 1.29 is 9.53 Å². The van der Waals surface area contributed by atoms with Crippen molar-refractivity contribution in [2.75, 3.05) is 32.8 Å². The number of nitrogens with one attached hydrogen (secondary N) is 1. The molecule has 2 amide bonds.